The topological polar surface area (TPSA) is 0 Å². The lowest BCUT2D eigenvalue weighted by Gasteiger charge is -2.40. The maximum Gasteiger partial charge on any atom is 0.169 e. The van der Waals surface area contributed by atoms with Crippen molar-refractivity contribution in [3.63, 3.8) is 0 Å². The van der Waals surface area contributed by atoms with Crippen LogP contribution in [-0.4, -0.2) is 6.71 Å². The molecule has 0 bridgehead atoms. The second-order valence-electron chi connectivity index (χ2n) is 9.71. The van der Waals surface area contributed by atoms with E-state index in [1.165, 1.54) is 23.0 Å². The molecular weight excluding hydrogens is 323 g/mol. The van der Waals surface area contributed by atoms with E-state index in [0.29, 0.717) is 30.4 Å². The molecule has 0 aliphatic rings. The highest BCUT2D eigenvalue weighted by Crippen LogP contribution is 2.43. The first-order valence-electron chi connectivity index (χ1n) is 10.8. The van der Waals surface area contributed by atoms with Gasteiger partial charge in [0.05, 0.1) is 0 Å². The summed E-state index contributed by atoms with van der Waals surface area (Å²) in [6.45, 7) is 19.6. The van der Waals surface area contributed by atoms with Gasteiger partial charge in [-0.1, -0.05) is 115 Å². The van der Waals surface area contributed by atoms with E-state index in [1.807, 2.05) is 0 Å². The van der Waals surface area contributed by atoms with Gasteiger partial charge in [0.2, 0.25) is 0 Å². The first kappa shape index (κ1) is 21.8. The molecule has 2 aromatic rings. The van der Waals surface area contributed by atoms with Crippen molar-refractivity contribution in [1.82, 2.24) is 0 Å². The minimum Gasteiger partial charge on any atom is -0.0819 e. The molecule has 0 radical (unpaired) electrons. The zero-order valence-electron chi connectivity index (χ0n) is 18.8. The van der Waals surface area contributed by atoms with Crippen molar-refractivity contribution in [3.8, 4) is 0 Å². The van der Waals surface area contributed by atoms with Gasteiger partial charge in [-0.25, -0.2) is 0 Å². The quantitative estimate of drug-likeness (QED) is 0.442. The van der Waals surface area contributed by atoms with E-state index in [2.05, 4.69) is 110 Å². The maximum absolute atomic E-state index is 2.46. The molecule has 3 unspecified atom stereocenters. The second kappa shape index (κ2) is 9.13. The van der Waals surface area contributed by atoms with Crippen LogP contribution in [0.2, 0.25) is 13.6 Å². The van der Waals surface area contributed by atoms with E-state index in [9.17, 15) is 0 Å². The summed E-state index contributed by atoms with van der Waals surface area (Å²) in [7, 11) is 0. The molecule has 0 fully saturated rings. The lowest BCUT2D eigenvalue weighted by molar-refractivity contribution is 0.227. The Morgan fingerprint density at radius 2 is 1.37 bits per heavy atom. The van der Waals surface area contributed by atoms with E-state index >= 15 is 0 Å². The Balaban J connectivity index is 2.31. The molecule has 0 saturated carbocycles. The van der Waals surface area contributed by atoms with Crippen LogP contribution in [0.25, 0.3) is 0 Å². The normalized spacial score (nSPS) is 16.2. The van der Waals surface area contributed by atoms with Gasteiger partial charge in [0.15, 0.2) is 6.71 Å². The fraction of sp³-hybridized carbons (Fsp3) is 0.538. The molecule has 2 aromatic carbocycles. The standard InChI is InChI=1S/C26H39B/c1-19(2)25(22-14-16-24(17-15-22)27(7)8)21(5)18-26(6,20(3)4)23-12-10-9-11-13-23/h9-17,19-21,25H,18H2,1-8H3. The lowest BCUT2D eigenvalue weighted by Crippen LogP contribution is -2.33. The van der Waals surface area contributed by atoms with Gasteiger partial charge >= 0.3 is 0 Å². The van der Waals surface area contributed by atoms with E-state index in [0.717, 1.165) is 0 Å². The molecule has 0 aromatic heterocycles. The molecule has 0 aliphatic carbocycles. The summed E-state index contributed by atoms with van der Waals surface area (Å²) in [5.74, 6) is 2.46. The Labute approximate surface area is 168 Å². The summed E-state index contributed by atoms with van der Waals surface area (Å²) in [6, 6.07) is 20.6. The number of hydrogen-bond donors (Lipinski definition) is 0. The average Bonchev–Trinajstić information content (AvgIpc) is 2.62. The Hall–Kier alpha value is -1.50. The fourth-order valence-electron chi connectivity index (χ4n) is 4.78. The van der Waals surface area contributed by atoms with Gasteiger partial charge < -0.3 is 0 Å². The van der Waals surface area contributed by atoms with Crippen LogP contribution in [0.15, 0.2) is 54.6 Å². The fourth-order valence-corrected chi connectivity index (χ4v) is 4.78. The van der Waals surface area contributed by atoms with Crippen LogP contribution in [0.4, 0.5) is 0 Å². The predicted molar refractivity (Wildman–Crippen MR) is 124 cm³/mol. The van der Waals surface area contributed by atoms with Crippen LogP contribution in [0.5, 0.6) is 0 Å². The molecule has 27 heavy (non-hydrogen) atoms. The smallest absolute Gasteiger partial charge is 0.0819 e. The lowest BCUT2D eigenvalue weighted by atomic mass is 9.49. The van der Waals surface area contributed by atoms with E-state index < -0.39 is 0 Å². The third kappa shape index (κ3) is 5.06. The van der Waals surface area contributed by atoms with Gasteiger partial charge in [-0.2, -0.15) is 0 Å². The summed E-state index contributed by atoms with van der Waals surface area (Å²) >= 11 is 0. The molecule has 146 valence electrons. The van der Waals surface area contributed by atoms with Crippen molar-refractivity contribution in [1.29, 1.82) is 0 Å². The zero-order valence-corrected chi connectivity index (χ0v) is 18.8. The summed E-state index contributed by atoms with van der Waals surface area (Å²) in [4.78, 5) is 0. The summed E-state index contributed by atoms with van der Waals surface area (Å²) < 4.78 is 0. The largest absolute Gasteiger partial charge is 0.169 e. The number of benzene rings is 2. The van der Waals surface area contributed by atoms with Crippen molar-refractivity contribution in [3.05, 3.63) is 65.7 Å². The molecule has 3 atom stereocenters. The molecular formula is C26H39B. The highest BCUT2D eigenvalue weighted by atomic mass is 14.4. The monoisotopic (exact) mass is 362 g/mol. The average molecular weight is 362 g/mol. The minimum atomic E-state index is 0.200. The molecule has 0 nitrogen and oxygen atoms in total. The summed E-state index contributed by atoms with van der Waals surface area (Å²) in [5, 5.41) is 0. The van der Waals surface area contributed by atoms with Crippen LogP contribution in [0, 0.1) is 17.8 Å². The first-order valence-corrected chi connectivity index (χ1v) is 10.8. The molecule has 1 heteroatoms. The second-order valence-corrected chi connectivity index (χ2v) is 9.71. The van der Waals surface area contributed by atoms with Gasteiger partial charge in [-0.05, 0) is 46.6 Å². The summed E-state index contributed by atoms with van der Waals surface area (Å²) in [5.41, 5.74) is 4.61. The molecule has 2 rings (SSSR count). The number of rotatable bonds is 8. The highest BCUT2D eigenvalue weighted by Gasteiger charge is 2.35. The van der Waals surface area contributed by atoms with Crippen LogP contribution >= 0.6 is 0 Å². The molecule has 0 spiro atoms. The van der Waals surface area contributed by atoms with Gasteiger partial charge in [0.1, 0.15) is 0 Å². The third-order valence-corrected chi connectivity index (χ3v) is 6.77. The first-order chi connectivity index (χ1) is 12.7. The third-order valence-electron chi connectivity index (χ3n) is 6.77. The Morgan fingerprint density at radius 3 is 1.81 bits per heavy atom. The van der Waals surface area contributed by atoms with Gasteiger partial charge in [-0.15, -0.1) is 0 Å². The van der Waals surface area contributed by atoms with Crippen molar-refractivity contribution < 1.29 is 0 Å². The van der Waals surface area contributed by atoms with Gasteiger partial charge in [0.25, 0.3) is 0 Å². The highest BCUT2D eigenvalue weighted by molar-refractivity contribution is 6.70. The van der Waals surface area contributed by atoms with Crippen molar-refractivity contribution >= 4 is 12.2 Å². The zero-order chi connectivity index (χ0) is 20.2. The van der Waals surface area contributed by atoms with E-state index in [1.54, 1.807) is 0 Å². The molecule has 0 N–H and O–H groups in total. The van der Waals surface area contributed by atoms with Gasteiger partial charge in [0, 0.05) is 0 Å². The van der Waals surface area contributed by atoms with Gasteiger partial charge in [-0.3, -0.25) is 0 Å². The van der Waals surface area contributed by atoms with Crippen LogP contribution in [0.3, 0.4) is 0 Å². The van der Waals surface area contributed by atoms with Crippen molar-refractivity contribution in [2.75, 3.05) is 0 Å². The maximum atomic E-state index is 2.46. The molecule has 0 amide bonds. The Bertz CT molecular complexity index is 684. The SMILES string of the molecule is CB(C)c1ccc(C(C(C)C)C(C)CC(C)(c2ccccc2)C(C)C)cc1. The molecule has 0 saturated heterocycles. The Kier molecular flexibility index (Phi) is 7.37. The van der Waals surface area contributed by atoms with E-state index in [4.69, 9.17) is 0 Å². The molecule has 0 heterocycles. The van der Waals surface area contributed by atoms with E-state index in [-0.39, 0.29) is 5.41 Å². The number of hydrogen-bond acceptors (Lipinski definition) is 0. The van der Waals surface area contributed by atoms with Crippen LogP contribution in [0.1, 0.15) is 65.0 Å². The summed E-state index contributed by atoms with van der Waals surface area (Å²) in [6.07, 6.45) is 1.21. The Morgan fingerprint density at radius 1 is 0.815 bits per heavy atom. The van der Waals surface area contributed by atoms with Crippen LogP contribution in [-0.2, 0) is 5.41 Å². The minimum absolute atomic E-state index is 0.200. The predicted octanol–water partition coefficient (Wildman–Crippen LogP) is 7.03. The van der Waals surface area contributed by atoms with Crippen molar-refractivity contribution in [2.24, 2.45) is 17.8 Å². The molecule has 0 aliphatic heterocycles. The van der Waals surface area contributed by atoms with Crippen LogP contribution < -0.4 is 5.46 Å². The van der Waals surface area contributed by atoms with Crippen molar-refractivity contribution in [2.45, 2.75) is 72.9 Å².